The fraction of sp³-hybridized carbons (Fsp3) is 0.545. The van der Waals surface area contributed by atoms with Gasteiger partial charge in [-0.2, -0.15) is 0 Å². The van der Waals surface area contributed by atoms with E-state index >= 15 is 0 Å². The zero-order chi connectivity index (χ0) is 20.8. The Hall–Kier alpha value is -2.54. The van der Waals surface area contributed by atoms with E-state index in [4.69, 9.17) is 9.47 Å². The summed E-state index contributed by atoms with van der Waals surface area (Å²) in [5, 5.41) is 0. The average Bonchev–Trinajstić information content (AvgIpc) is 3.18. The van der Waals surface area contributed by atoms with Crippen LogP contribution in [0.1, 0.15) is 43.3 Å². The Kier molecular flexibility index (Phi) is 7.14. The standard InChI is InChI=1S/C22H32N4O3/c1-16(2)21-20-19(23-15-24-20)10-12-26(21)22(27)29-14-17-6-8-18(9-7-17)28-13-5-11-25(3)4/h6-9,15-16,21H,5,10-14H2,1-4H3,(H,23,24). The van der Waals surface area contributed by atoms with Crippen molar-refractivity contribution in [2.45, 2.75) is 39.3 Å². The third-order valence-electron chi connectivity index (χ3n) is 5.14. The minimum atomic E-state index is -0.284. The molecule has 2 aromatic rings. The molecular formula is C22H32N4O3. The monoisotopic (exact) mass is 400 g/mol. The lowest BCUT2D eigenvalue weighted by molar-refractivity contribution is 0.0652. The van der Waals surface area contributed by atoms with Crippen molar-refractivity contribution in [2.24, 2.45) is 5.92 Å². The summed E-state index contributed by atoms with van der Waals surface area (Å²) in [5.74, 6) is 1.10. The molecule has 0 saturated carbocycles. The number of benzene rings is 1. The van der Waals surface area contributed by atoms with Gasteiger partial charge in [-0.1, -0.05) is 26.0 Å². The lowest BCUT2D eigenvalue weighted by Gasteiger charge is -2.36. The Labute approximate surface area is 173 Å². The molecule has 1 amide bonds. The number of hydrogen-bond acceptors (Lipinski definition) is 5. The van der Waals surface area contributed by atoms with Crippen molar-refractivity contribution in [3.05, 3.63) is 47.5 Å². The molecule has 0 bridgehead atoms. The van der Waals surface area contributed by atoms with Crippen LogP contribution in [0.3, 0.4) is 0 Å². The Morgan fingerprint density at radius 2 is 2.07 bits per heavy atom. The molecule has 0 saturated heterocycles. The Bertz CT molecular complexity index is 786. The van der Waals surface area contributed by atoms with E-state index in [1.54, 1.807) is 6.33 Å². The molecule has 3 rings (SSSR count). The van der Waals surface area contributed by atoms with Crippen LogP contribution in [0.25, 0.3) is 0 Å². The van der Waals surface area contributed by atoms with Crippen molar-refractivity contribution in [3.8, 4) is 5.75 Å². The number of aromatic amines is 1. The van der Waals surface area contributed by atoms with Crippen LogP contribution >= 0.6 is 0 Å². The highest BCUT2D eigenvalue weighted by molar-refractivity contribution is 5.69. The van der Waals surface area contributed by atoms with Crippen molar-refractivity contribution in [1.29, 1.82) is 0 Å². The van der Waals surface area contributed by atoms with Crippen molar-refractivity contribution in [3.63, 3.8) is 0 Å². The number of carbonyl (C=O) groups is 1. The number of aromatic nitrogens is 2. The molecule has 7 nitrogen and oxygen atoms in total. The van der Waals surface area contributed by atoms with Gasteiger partial charge in [0.25, 0.3) is 0 Å². The molecule has 1 atom stereocenters. The first-order valence-corrected chi connectivity index (χ1v) is 10.3. The minimum Gasteiger partial charge on any atom is -0.494 e. The van der Waals surface area contributed by atoms with Gasteiger partial charge in [0.15, 0.2) is 0 Å². The van der Waals surface area contributed by atoms with Crippen LogP contribution in [-0.4, -0.2) is 59.7 Å². The number of fused-ring (bicyclic) bond motifs is 1. The average molecular weight is 401 g/mol. The third kappa shape index (κ3) is 5.50. The molecule has 7 heteroatoms. The van der Waals surface area contributed by atoms with Gasteiger partial charge in [0.2, 0.25) is 0 Å². The number of nitrogens with one attached hydrogen (secondary N) is 1. The van der Waals surface area contributed by atoms with Crippen LogP contribution in [0.2, 0.25) is 0 Å². The zero-order valence-corrected chi connectivity index (χ0v) is 17.9. The van der Waals surface area contributed by atoms with Gasteiger partial charge in [0, 0.05) is 19.5 Å². The second-order valence-corrected chi connectivity index (χ2v) is 8.10. The van der Waals surface area contributed by atoms with E-state index in [0.717, 1.165) is 42.1 Å². The van der Waals surface area contributed by atoms with Gasteiger partial charge < -0.3 is 19.4 Å². The van der Waals surface area contributed by atoms with E-state index < -0.39 is 0 Å². The lowest BCUT2D eigenvalue weighted by Crippen LogP contribution is -2.42. The lowest BCUT2D eigenvalue weighted by atomic mass is 9.94. The maximum absolute atomic E-state index is 12.8. The maximum atomic E-state index is 12.8. The summed E-state index contributed by atoms with van der Waals surface area (Å²) in [6.45, 7) is 6.78. The molecule has 158 valence electrons. The highest BCUT2D eigenvalue weighted by Gasteiger charge is 2.35. The Morgan fingerprint density at radius 1 is 1.31 bits per heavy atom. The third-order valence-corrected chi connectivity index (χ3v) is 5.14. The quantitative estimate of drug-likeness (QED) is 0.685. The predicted octanol–water partition coefficient (Wildman–Crippen LogP) is 3.63. The zero-order valence-electron chi connectivity index (χ0n) is 17.9. The molecule has 1 unspecified atom stereocenters. The van der Waals surface area contributed by atoms with Gasteiger partial charge in [-0.05, 0) is 44.1 Å². The molecule has 1 aliphatic heterocycles. The van der Waals surface area contributed by atoms with Crippen LogP contribution in [0.4, 0.5) is 4.79 Å². The van der Waals surface area contributed by atoms with Crippen molar-refractivity contribution in [2.75, 3.05) is 33.8 Å². The first-order chi connectivity index (χ1) is 14.0. The first kappa shape index (κ1) is 21.2. The number of carbonyl (C=O) groups excluding carboxylic acids is 1. The van der Waals surface area contributed by atoms with Gasteiger partial charge in [0.05, 0.1) is 30.4 Å². The SMILES string of the molecule is CC(C)C1c2[nH]cnc2CCN1C(=O)OCc1ccc(OCCCN(C)C)cc1. The normalized spacial score (nSPS) is 16.2. The summed E-state index contributed by atoms with van der Waals surface area (Å²) in [6, 6.07) is 7.70. The summed E-state index contributed by atoms with van der Waals surface area (Å²) in [7, 11) is 4.11. The fourth-order valence-corrected chi connectivity index (χ4v) is 3.69. The molecule has 0 fully saturated rings. The largest absolute Gasteiger partial charge is 0.494 e. The molecule has 0 spiro atoms. The maximum Gasteiger partial charge on any atom is 0.410 e. The fourth-order valence-electron chi connectivity index (χ4n) is 3.69. The topological polar surface area (TPSA) is 70.7 Å². The summed E-state index contributed by atoms with van der Waals surface area (Å²) in [5.41, 5.74) is 3.02. The number of ether oxygens (including phenoxy) is 2. The molecule has 0 radical (unpaired) electrons. The van der Waals surface area contributed by atoms with E-state index in [2.05, 4.69) is 42.8 Å². The summed E-state index contributed by atoms with van der Waals surface area (Å²) >= 11 is 0. The summed E-state index contributed by atoms with van der Waals surface area (Å²) in [6.07, 6.45) is 3.15. The van der Waals surface area contributed by atoms with Crippen LogP contribution in [0.15, 0.2) is 30.6 Å². The van der Waals surface area contributed by atoms with Crippen molar-refractivity contribution >= 4 is 6.09 Å². The predicted molar refractivity (Wildman–Crippen MR) is 112 cm³/mol. The van der Waals surface area contributed by atoms with Crippen LogP contribution in [-0.2, 0) is 17.8 Å². The number of hydrogen-bond donors (Lipinski definition) is 1. The van der Waals surface area contributed by atoms with Gasteiger partial charge in [-0.3, -0.25) is 4.90 Å². The molecule has 0 aliphatic carbocycles. The minimum absolute atomic E-state index is 0.0355. The van der Waals surface area contributed by atoms with Crippen molar-refractivity contribution in [1.82, 2.24) is 19.8 Å². The van der Waals surface area contributed by atoms with Gasteiger partial charge in [-0.15, -0.1) is 0 Å². The second-order valence-electron chi connectivity index (χ2n) is 8.10. The van der Waals surface area contributed by atoms with E-state index in [0.29, 0.717) is 13.2 Å². The first-order valence-electron chi connectivity index (χ1n) is 10.3. The highest BCUT2D eigenvalue weighted by atomic mass is 16.6. The smallest absolute Gasteiger partial charge is 0.410 e. The molecular weight excluding hydrogens is 368 g/mol. The number of rotatable bonds is 8. The van der Waals surface area contributed by atoms with Crippen LogP contribution < -0.4 is 4.74 Å². The van der Waals surface area contributed by atoms with E-state index in [1.165, 1.54) is 0 Å². The molecule has 1 aliphatic rings. The van der Waals surface area contributed by atoms with Crippen LogP contribution in [0, 0.1) is 5.92 Å². The van der Waals surface area contributed by atoms with Crippen molar-refractivity contribution < 1.29 is 14.3 Å². The second kappa shape index (κ2) is 9.78. The number of nitrogens with zero attached hydrogens (tertiary/aromatic N) is 3. The number of amides is 1. The van der Waals surface area contributed by atoms with E-state index in [-0.39, 0.29) is 24.7 Å². The Morgan fingerprint density at radius 3 is 2.76 bits per heavy atom. The summed E-state index contributed by atoms with van der Waals surface area (Å²) in [4.78, 5) is 24.3. The van der Waals surface area contributed by atoms with Gasteiger partial charge >= 0.3 is 6.09 Å². The highest BCUT2D eigenvalue weighted by Crippen LogP contribution is 2.33. The van der Waals surface area contributed by atoms with Gasteiger partial charge in [0.1, 0.15) is 12.4 Å². The molecule has 1 aromatic heterocycles. The van der Waals surface area contributed by atoms with Gasteiger partial charge in [-0.25, -0.2) is 9.78 Å². The molecule has 2 heterocycles. The molecule has 1 aromatic carbocycles. The summed E-state index contributed by atoms with van der Waals surface area (Å²) < 4.78 is 11.4. The van der Waals surface area contributed by atoms with E-state index in [1.807, 2.05) is 29.2 Å². The molecule has 1 N–H and O–H groups in total. The number of H-pyrrole nitrogens is 1. The molecule has 29 heavy (non-hydrogen) atoms. The van der Waals surface area contributed by atoms with E-state index in [9.17, 15) is 4.79 Å². The number of imidazole rings is 1. The Balaban J connectivity index is 1.51. The van der Waals surface area contributed by atoms with Crippen LogP contribution in [0.5, 0.6) is 5.75 Å².